The van der Waals surface area contributed by atoms with E-state index >= 15 is 0 Å². The fourth-order valence-electron chi connectivity index (χ4n) is 4.16. The van der Waals surface area contributed by atoms with E-state index < -0.39 is 0 Å². The fraction of sp³-hybridized carbons (Fsp3) is 0.368. The van der Waals surface area contributed by atoms with Crippen molar-refractivity contribution in [3.63, 3.8) is 0 Å². The molecule has 3 unspecified atom stereocenters. The van der Waals surface area contributed by atoms with Crippen molar-refractivity contribution in [1.29, 1.82) is 0 Å². The molecule has 1 aliphatic carbocycles. The molecule has 1 saturated heterocycles. The summed E-state index contributed by atoms with van der Waals surface area (Å²) < 4.78 is 5.82. The molecule has 1 aliphatic heterocycles. The smallest absolute Gasteiger partial charge is 0.0870 e. The third-order valence-corrected chi connectivity index (χ3v) is 5.03. The lowest BCUT2D eigenvalue weighted by Crippen LogP contribution is -2.22. The van der Waals surface area contributed by atoms with E-state index in [4.69, 9.17) is 4.74 Å². The molecule has 2 aliphatic rings. The third-order valence-electron chi connectivity index (χ3n) is 5.03. The minimum absolute atomic E-state index is 0.270. The Morgan fingerprint density at radius 2 is 1.67 bits per heavy atom. The summed E-state index contributed by atoms with van der Waals surface area (Å²) in [5, 5.41) is 0. The summed E-state index contributed by atoms with van der Waals surface area (Å²) in [6.45, 7) is 3.33. The predicted octanol–water partition coefficient (Wildman–Crippen LogP) is 3.60. The number of nitrogens with zero attached hydrogens (tertiary/aromatic N) is 1. The Bertz CT molecular complexity index is 624. The highest BCUT2D eigenvalue weighted by atomic mass is 16.5. The summed E-state index contributed by atoms with van der Waals surface area (Å²) in [6, 6.07) is 19.6. The molecule has 2 aromatic rings. The van der Waals surface area contributed by atoms with Gasteiger partial charge in [-0.1, -0.05) is 54.6 Å². The number of rotatable bonds is 3. The van der Waals surface area contributed by atoms with Gasteiger partial charge in [-0.2, -0.15) is 0 Å². The Kier molecular flexibility index (Phi) is 3.28. The normalized spacial score (nSPS) is 27.6. The SMILES string of the molecule is COC1c2ccccc2C2CN(Cc3ccccc3)CC21. The largest absolute Gasteiger partial charge is 0.376 e. The highest BCUT2D eigenvalue weighted by Gasteiger charge is 2.46. The van der Waals surface area contributed by atoms with E-state index in [1.165, 1.54) is 16.7 Å². The number of likely N-dealkylation sites (tertiary alicyclic amines) is 1. The molecule has 2 nitrogen and oxygen atoms in total. The Labute approximate surface area is 126 Å². The first-order chi connectivity index (χ1) is 10.4. The zero-order valence-electron chi connectivity index (χ0n) is 12.4. The van der Waals surface area contributed by atoms with Crippen molar-refractivity contribution in [3.05, 3.63) is 71.3 Å². The maximum Gasteiger partial charge on any atom is 0.0870 e. The van der Waals surface area contributed by atoms with Gasteiger partial charge in [0.15, 0.2) is 0 Å². The van der Waals surface area contributed by atoms with Gasteiger partial charge in [0.25, 0.3) is 0 Å². The second-order valence-corrected chi connectivity index (χ2v) is 6.24. The molecule has 108 valence electrons. The van der Waals surface area contributed by atoms with Crippen molar-refractivity contribution in [3.8, 4) is 0 Å². The van der Waals surface area contributed by atoms with E-state index in [9.17, 15) is 0 Å². The summed E-state index contributed by atoms with van der Waals surface area (Å²) >= 11 is 0. The fourth-order valence-corrected chi connectivity index (χ4v) is 4.16. The van der Waals surface area contributed by atoms with Crippen molar-refractivity contribution in [2.45, 2.75) is 18.6 Å². The van der Waals surface area contributed by atoms with Crippen LogP contribution in [-0.4, -0.2) is 25.1 Å². The molecular weight excluding hydrogens is 258 g/mol. The van der Waals surface area contributed by atoms with Crippen molar-refractivity contribution in [2.75, 3.05) is 20.2 Å². The predicted molar refractivity (Wildman–Crippen MR) is 84.1 cm³/mol. The molecular formula is C19H21NO. The molecule has 1 heterocycles. The molecule has 0 radical (unpaired) electrons. The minimum Gasteiger partial charge on any atom is -0.376 e. The van der Waals surface area contributed by atoms with Gasteiger partial charge < -0.3 is 4.74 Å². The van der Waals surface area contributed by atoms with Crippen LogP contribution < -0.4 is 0 Å². The van der Waals surface area contributed by atoms with E-state index in [1.54, 1.807) is 0 Å². The second kappa shape index (κ2) is 5.28. The molecule has 4 rings (SSSR count). The van der Waals surface area contributed by atoms with Crippen LogP contribution in [0.25, 0.3) is 0 Å². The first-order valence-corrected chi connectivity index (χ1v) is 7.74. The summed E-state index contributed by atoms with van der Waals surface area (Å²) in [5.41, 5.74) is 4.32. The number of fused-ring (bicyclic) bond motifs is 3. The Morgan fingerprint density at radius 3 is 2.43 bits per heavy atom. The lowest BCUT2D eigenvalue weighted by Gasteiger charge is -2.20. The van der Waals surface area contributed by atoms with Crippen LogP contribution in [0.4, 0.5) is 0 Å². The maximum atomic E-state index is 5.82. The van der Waals surface area contributed by atoms with Crippen LogP contribution in [-0.2, 0) is 11.3 Å². The molecule has 0 saturated carbocycles. The van der Waals surface area contributed by atoms with Crippen molar-refractivity contribution in [2.24, 2.45) is 5.92 Å². The van der Waals surface area contributed by atoms with Crippen LogP contribution in [0.15, 0.2) is 54.6 Å². The van der Waals surface area contributed by atoms with Crippen LogP contribution in [0.2, 0.25) is 0 Å². The molecule has 2 heteroatoms. The number of ether oxygens (including phenoxy) is 1. The Morgan fingerprint density at radius 1 is 0.952 bits per heavy atom. The summed E-state index contributed by atoms with van der Waals surface area (Å²) in [4.78, 5) is 2.58. The van der Waals surface area contributed by atoms with Crippen LogP contribution in [0.3, 0.4) is 0 Å². The molecule has 2 aromatic carbocycles. The number of hydrogen-bond donors (Lipinski definition) is 0. The Hall–Kier alpha value is -1.64. The lowest BCUT2D eigenvalue weighted by molar-refractivity contribution is 0.0600. The van der Waals surface area contributed by atoms with Gasteiger partial charge in [-0.3, -0.25) is 4.90 Å². The van der Waals surface area contributed by atoms with Crippen LogP contribution >= 0.6 is 0 Å². The monoisotopic (exact) mass is 279 g/mol. The van der Waals surface area contributed by atoms with Gasteiger partial charge in [0.05, 0.1) is 6.10 Å². The maximum absolute atomic E-state index is 5.82. The highest BCUT2D eigenvalue weighted by Crippen LogP contribution is 2.50. The third kappa shape index (κ3) is 2.19. The minimum atomic E-state index is 0.270. The molecule has 0 spiro atoms. The average molecular weight is 279 g/mol. The molecule has 0 amide bonds. The molecule has 0 N–H and O–H groups in total. The average Bonchev–Trinajstić information content (AvgIpc) is 3.04. The van der Waals surface area contributed by atoms with Crippen LogP contribution in [0, 0.1) is 5.92 Å². The molecule has 0 bridgehead atoms. The van der Waals surface area contributed by atoms with Crippen LogP contribution in [0.1, 0.15) is 28.7 Å². The van der Waals surface area contributed by atoms with Gasteiger partial charge in [-0.25, -0.2) is 0 Å². The van der Waals surface area contributed by atoms with E-state index in [1.807, 2.05) is 7.11 Å². The van der Waals surface area contributed by atoms with Gasteiger partial charge >= 0.3 is 0 Å². The van der Waals surface area contributed by atoms with Gasteiger partial charge in [0.1, 0.15) is 0 Å². The van der Waals surface area contributed by atoms with E-state index in [2.05, 4.69) is 59.5 Å². The molecule has 3 atom stereocenters. The van der Waals surface area contributed by atoms with Gasteiger partial charge in [0.2, 0.25) is 0 Å². The van der Waals surface area contributed by atoms with E-state index in [0.29, 0.717) is 11.8 Å². The van der Waals surface area contributed by atoms with Crippen molar-refractivity contribution < 1.29 is 4.74 Å². The zero-order valence-corrected chi connectivity index (χ0v) is 12.4. The highest BCUT2D eigenvalue weighted by molar-refractivity contribution is 5.40. The number of benzene rings is 2. The topological polar surface area (TPSA) is 12.5 Å². The first-order valence-electron chi connectivity index (χ1n) is 7.74. The lowest BCUT2D eigenvalue weighted by atomic mass is 9.96. The number of methoxy groups -OCH3 is 1. The van der Waals surface area contributed by atoms with Crippen LogP contribution in [0.5, 0.6) is 0 Å². The summed E-state index contributed by atoms with van der Waals surface area (Å²) in [6.07, 6.45) is 0.270. The summed E-state index contributed by atoms with van der Waals surface area (Å²) in [7, 11) is 1.85. The zero-order chi connectivity index (χ0) is 14.2. The molecule has 21 heavy (non-hydrogen) atoms. The summed E-state index contributed by atoms with van der Waals surface area (Å²) in [5.74, 6) is 1.24. The van der Waals surface area contributed by atoms with Gasteiger partial charge in [-0.15, -0.1) is 0 Å². The van der Waals surface area contributed by atoms with Gasteiger partial charge in [-0.05, 0) is 16.7 Å². The van der Waals surface area contributed by atoms with E-state index in [0.717, 1.165) is 19.6 Å². The van der Waals surface area contributed by atoms with Crippen molar-refractivity contribution in [1.82, 2.24) is 4.90 Å². The first kappa shape index (κ1) is 13.1. The van der Waals surface area contributed by atoms with Crippen molar-refractivity contribution >= 4 is 0 Å². The molecule has 1 fully saturated rings. The van der Waals surface area contributed by atoms with Gasteiger partial charge in [0, 0.05) is 38.6 Å². The number of hydrogen-bond acceptors (Lipinski definition) is 2. The molecule has 0 aromatic heterocycles. The second-order valence-electron chi connectivity index (χ2n) is 6.24. The quantitative estimate of drug-likeness (QED) is 0.851. The standard InChI is InChI=1S/C19H21NO/c1-21-19-16-10-6-5-9-15(16)17-12-20(13-18(17)19)11-14-7-3-2-4-8-14/h2-10,17-19H,11-13H2,1H3. The van der Waals surface area contributed by atoms with E-state index in [-0.39, 0.29) is 6.10 Å². The Balaban J connectivity index is 1.56.